The summed E-state index contributed by atoms with van der Waals surface area (Å²) in [7, 11) is 1.38. The summed E-state index contributed by atoms with van der Waals surface area (Å²) in [5.41, 5.74) is 5.82. The summed E-state index contributed by atoms with van der Waals surface area (Å²) < 4.78 is 19.2. The van der Waals surface area contributed by atoms with Gasteiger partial charge in [0.25, 0.3) is 5.91 Å². The smallest absolute Gasteiger partial charge is 0.272 e. The highest BCUT2D eigenvalue weighted by Gasteiger charge is 2.54. The van der Waals surface area contributed by atoms with Gasteiger partial charge in [0, 0.05) is 41.5 Å². The number of nitrogens with two attached hydrogens (primary N) is 1. The number of nitriles is 1. The third kappa shape index (κ3) is 5.54. The van der Waals surface area contributed by atoms with Crippen LogP contribution in [-0.2, 0) is 16.1 Å². The Morgan fingerprint density at radius 3 is 2.81 bits per heavy atom. The molecule has 1 saturated carbocycles. The van der Waals surface area contributed by atoms with Crippen molar-refractivity contribution < 1.29 is 18.7 Å². The molecule has 2 aromatic heterocycles. The van der Waals surface area contributed by atoms with E-state index in [1.54, 1.807) is 4.90 Å². The Kier molecular flexibility index (Phi) is 7.40. The molecule has 0 aromatic carbocycles. The summed E-state index contributed by atoms with van der Waals surface area (Å²) in [5, 5.41) is 20.4. The van der Waals surface area contributed by atoms with Crippen molar-refractivity contribution in [1.82, 2.24) is 20.2 Å². The lowest BCUT2D eigenvalue weighted by atomic mass is 9.87. The number of carbonyl (C=O) groups excluding carboxylic acids is 2. The van der Waals surface area contributed by atoms with E-state index < -0.39 is 17.3 Å². The first-order valence-corrected chi connectivity index (χ1v) is 11.9. The lowest BCUT2D eigenvalue weighted by molar-refractivity contribution is -0.135. The first kappa shape index (κ1) is 26.0. The van der Waals surface area contributed by atoms with Gasteiger partial charge >= 0.3 is 0 Å². The maximum absolute atomic E-state index is 14.2. The van der Waals surface area contributed by atoms with Gasteiger partial charge in [-0.2, -0.15) is 5.26 Å². The fourth-order valence-corrected chi connectivity index (χ4v) is 4.75. The van der Waals surface area contributed by atoms with Gasteiger partial charge in [0.1, 0.15) is 11.8 Å². The normalized spacial score (nSPS) is 18.2. The van der Waals surface area contributed by atoms with Crippen molar-refractivity contribution in [2.45, 2.75) is 37.8 Å². The van der Waals surface area contributed by atoms with Crippen molar-refractivity contribution in [3.8, 4) is 11.9 Å². The number of nitrogens with one attached hydrogen (secondary N) is 2. The molecular formula is C25H25ClFN7O3. The van der Waals surface area contributed by atoms with Crippen LogP contribution in [0.4, 0.5) is 4.39 Å². The average Bonchev–Trinajstić information content (AvgIpc) is 3.66. The Morgan fingerprint density at radius 2 is 2.16 bits per heavy atom. The van der Waals surface area contributed by atoms with E-state index in [-0.39, 0.29) is 41.2 Å². The Morgan fingerprint density at radius 1 is 1.41 bits per heavy atom. The van der Waals surface area contributed by atoms with Crippen LogP contribution in [0.5, 0.6) is 5.88 Å². The maximum Gasteiger partial charge on any atom is 0.272 e. The summed E-state index contributed by atoms with van der Waals surface area (Å²) in [6.07, 6.45) is 5.84. The second kappa shape index (κ2) is 10.5. The van der Waals surface area contributed by atoms with E-state index in [1.807, 2.05) is 6.07 Å². The number of rotatable bonds is 7. The second-order valence-electron chi connectivity index (χ2n) is 9.07. The molecule has 4 N–H and O–H groups in total. The van der Waals surface area contributed by atoms with Gasteiger partial charge in [0.05, 0.1) is 36.1 Å². The molecule has 10 nitrogen and oxygen atoms in total. The van der Waals surface area contributed by atoms with Crippen LogP contribution in [-0.4, -0.2) is 51.6 Å². The van der Waals surface area contributed by atoms with Gasteiger partial charge in [-0.05, 0) is 37.8 Å². The SMILES string of the molecule is COc1cc(/C(N)=C/C(=N)C(=O)N2CC[C@H](C(=O)NCc3ncc(C#N)cc3Cl)CC23CC3)c(F)cn1. The molecule has 1 aliphatic heterocycles. The molecule has 12 heteroatoms. The average molecular weight is 526 g/mol. The lowest BCUT2D eigenvalue weighted by Gasteiger charge is -2.39. The molecule has 4 rings (SSSR count). The maximum atomic E-state index is 14.2. The minimum absolute atomic E-state index is 0.0160. The van der Waals surface area contributed by atoms with E-state index in [9.17, 15) is 14.0 Å². The number of halogens is 2. The Balaban J connectivity index is 1.38. The minimum atomic E-state index is -0.696. The summed E-state index contributed by atoms with van der Waals surface area (Å²) >= 11 is 6.14. The number of likely N-dealkylation sites (tertiary alicyclic amines) is 1. The van der Waals surface area contributed by atoms with E-state index in [0.717, 1.165) is 25.1 Å². The quantitative estimate of drug-likeness (QED) is 0.468. The molecule has 0 bridgehead atoms. The van der Waals surface area contributed by atoms with Crippen LogP contribution in [0.1, 0.15) is 42.5 Å². The number of piperidine rings is 1. The van der Waals surface area contributed by atoms with Crippen LogP contribution in [0.25, 0.3) is 5.70 Å². The van der Waals surface area contributed by atoms with Gasteiger partial charge in [0.2, 0.25) is 11.8 Å². The van der Waals surface area contributed by atoms with Crippen molar-refractivity contribution in [3.05, 3.63) is 58.3 Å². The number of pyridine rings is 2. The molecule has 2 aromatic rings. The molecule has 37 heavy (non-hydrogen) atoms. The molecule has 3 heterocycles. The van der Waals surface area contributed by atoms with E-state index in [2.05, 4.69) is 15.3 Å². The molecule has 1 aliphatic carbocycles. The highest BCUT2D eigenvalue weighted by Crippen LogP contribution is 2.50. The number of carbonyl (C=O) groups is 2. The number of amides is 2. The van der Waals surface area contributed by atoms with E-state index in [1.165, 1.54) is 25.4 Å². The number of ether oxygens (including phenoxy) is 1. The third-order valence-electron chi connectivity index (χ3n) is 6.70. The van der Waals surface area contributed by atoms with Crippen molar-refractivity contribution >= 4 is 34.8 Å². The molecule has 1 saturated heterocycles. The molecule has 2 aliphatic rings. The number of hydrogen-bond donors (Lipinski definition) is 3. The Bertz CT molecular complexity index is 1340. The van der Waals surface area contributed by atoms with Crippen molar-refractivity contribution in [2.75, 3.05) is 13.7 Å². The largest absolute Gasteiger partial charge is 0.481 e. The van der Waals surface area contributed by atoms with Gasteiger partial charge in [-0.3, -0.25) is 20.0 Å². The van der Waals surface area contributed by atoms with E-state index in [0.29, 0.717) is 35.7 Å². The fraction of sp³-hybridized carbons (Fsp3) is 0.360. The van der Waals surface area contributed by atoms with Crippen LogP contribution in [0.3, 0.4) is 0 Å². The summed E-state index contributed by atoms with van der Waals surface area (Å²) in [5.74, 6) is -1.54. The lowest BCUT2D eigenvalue weighted by Crippen LogP contribution is -2.52. The zero-order chi connectivity index (χ0) is 26.7. The Labute approximate surface area is 217 Å². The third-order valence-corrected chi connectivity index (χ3v) is 7.03. The number of nitrogens with zero attached hydrogens (tertiary/aromatic N) is 4. The van der Waals surface area contributed by atoms with Crippen molar-refractivity contribution in [1.29, 1.82) is 10.7 Å². The molecule has 2 amide bonds. The molecule has 1 spiro atoms. The molecular weight excluding hydrogens is 501 g/mol. The predicted molar refractivity (Wildman–Crippen MR) is 133 cm³/mol. The Hall–Kier alpha value is -4.04. The van der Waals surface area contributed by atoms with Gasteiger partial charge in [-0.15, -0.1) is 0 Å². The van der Waals surface area contributed by atoms with Crippen LogP contribution in [0.2, 0.25) is 5.02 Å². The molecule has 0 unspecified atom stereocenters. The van der Waals surface area contributed by atoms with Gasteiger partial charge in [-0.1, -0.05) is 11.6 Å². The van der Waals surface area contributed by atoms with Gasteiger partial charge in [0.15, 0.2) is 5.82 Å². The van der Waals surface area contributed by atoms with Gasteiger partial charge in [-0.25, -0.2) is 9.37 Å². The highest BCUT2D eigenvalue weighted by molar-refractivity contribution is 6.43. The van der Waals surface area contributed by atoms with Crippen LogP contribution >= 0.6 is 11.6 Å². The van der Waals surface area contributed by atoms with Crippen LogP contribution in [0, 0.1) is 28.5 Å². The second-order valence-corrected chi connectivity index (χ2v) is 9.48. The van der Waals surface area contributed by atoms with Crippen LogP contribution in [0.15, 0.2) is 30.6 Å². The minimum Gasteiger partial charge on any atom is -0.481 e. The first-order valence-electron chi connectivity index (χ1n) is 11.6. The highest BCUT2D eigenvalue weighted by atomic mass is 35.5. The van der Waals surface area contributed by atoms with E-state index in [4.69, 9.17) is 32.7 Å². The zero-order valence-corrected chi connectivity index (χ0v) is 20.8. The number of hydrogen-bond acceptors (Lipinski definition) is 8. The van der Waals surface area contributed by atoms with Gasteiger partial charge < -0.3 is 20.7 Å². The standard InChI is InChI=1S/C25H25ClFN7O3/c1-37-22-7-16(18(27)12-32-22)19(29)8-20(30)24(36)34-5-2-15(9-25(34)3-4-25)23(35)33-13-21-17(26)6-14(10-28)11-31-21/h6-8,11-12,15,30H,2-5,9,13,29H2,1H3,(H,33,35)/b19-8-,30-20?/t15-/m0/s1. The van der Waals surface area contributed by atoms with E-state index >= 15 is 0 Å². The zero-order valence-electron chi connectivity index (χ0n) is 20.1. The summed E-state index contributed by atoms with van der Waals surface area (Å²) in [6.45, 7) is 0.431. The first-order chi connectivity index (χ1) is 17.7. The topological polar surface area (TPSA) is 158 Å². The summed E-state index contributed by atoms with van der Waals surface area (Å²) in [4.78, 5) is 35.5. The van der Waals surface area contributed by atoms with Crippen LogP contribution < -0.4 is 15.8 Å². The predicted octanol–water partition coefficient (Wildman–Crippen LogP) is 2.56. The number of aromatic nitrogens is 2. The van der Waals surface area contributed by atoms with Crippen molar-refractivity contribution in [3.63, 3.8) is 0 Å². The van der Waals surface area contributed by atoms with Crippen molar-refractivity contribution in [2.24, 2.45) is 11.7 Å². The molecule has 1 atom stereocenters. The molecule has 2 fully saturated rings. The fourth-order valence-electron chi connectivity index (χ4n) is 4.52. The monoisotopic (exact) mass is 525 g/mol. The molecule has 0 radical (unpaired) electrons. The molecule has 192 valence electrons. The summed E-state index contributed by atoms with van der Waals surface area (Å²) in [6, 6.07) is 4.75. The number of methoxy groups -OCH3 is 1.